The minimum Gasteiger partial charge on any atom is -0.312 e. The third-order valence-corrected chi connectivity index (χ3v) is 4.28. The van der Waals surface area contributed by atoms with Gasteiger partial charge in [0.25, 0.3) is 0 Å². The Balaban J connectivity index is 2.45. The SMILES string of the molecule is CC(CNC(C)(C)C)C(C)N1CCCC(C)(C)C1. The van der Waals surface area contributed by atoms with E-state index in [0.717, 1.165) is 6.54 Å². The van der Waals surface area contributed by atoms with Crippen LogP contribution < -0.4 is 5.32 Å². The summed E-state index contributed by atoms with van der Waals surface area (Å²) in [5.74, 6) is 0.707. The summed E-state index contributed by atoms with van der Waals surface area (Å²) in [6.45, 7) is 20.0. The molecule has 0 aromatic heterocycles. The van der Waals surface area contributed by atoms with Gasteiger partial charge in [-0.1, -0.05) is 20.8 Å². The Kier molecular flexibility index (Phi) is 5.25. The molecule has 0 bridgehead atoms. The molecule has 2 nitrogen and oxygen atoms in total. The highest BCUT2D eigenvalue weighted by molar-refractivity contribution is 4.85. The Bertz CT molecular complexity index is 252. The molecular formula is C16H34N2. The van der Waals surface area contributed by atoms with E-state index in [-0.39, 0.29) is 5.54 Å². The van der Waals surface area contributed by atoms with Crippen molar-refractivity contribution in [3.05, 3.63) is 0 Å². The summed E-state index contributed by atoms with van der Waals surface area (Å²) in [7, 11) is 0. The monoisotopic (exact) mass is 254 g/mol. The molecule has 2 atom stereocenters. The number of likely N-dealkylation sites (tertiary alicyclic amines) is 1. The molecule has 2 heteroatoms. The Labute approximate surface area is 115 Å². The predicted molar refractivity (Wildman–Crippen MR) is 81.0 cm³/mol. The molecule has 2 unspecified atom stereocenters. The Morgan fingerprint density at radius 1 is 1.22 bits per heavy atom. The van der Waals surface area contributed by atoms with E-state index in [1.165, 1.54) is 25.9 Å². The first-order valence-electron chi connectivity index (χ1n) is 7.60. The van der Waals surface area contributed by atoms with Gasteiger partial charge in [0.1, 0.15) is 0 Å². The van der Waals surface area contributed by atoms with Gasteiger partial charge in [-0.15, -0.1) is 0 Å². The predicted octanol–water partition coefficient (Wildman–Crippen LogP) is 3.52. The third kappa shape index (κ3) is 5.27. The van der Waals surface area contributed by atoms with Crippen LogP contribution in [0.2, 0.25) is 0 Å². The molecule has 0 aliphatic carbocycles. The fourth-order valence-electron chi connectivity index (χ4n) is 2.81. The zero-order valence-corrected chi connectivity index (χ0v) is 13.6. The molecule has 1 aliphatic rings. The Morgan fingerprint density at radius 3 is 2.33 bits per heavy atom. The second-order valence-electron chi connectivity index (χ2n) is 8.09. The average Bonchev–Trinajstić information content (AvgIpc) is 2.22. The standard InChI is InChI=1S/C16H34N2/c1-13(11-17-15(3,4)5)14(2)18-10-8-9-16(6,7)12-18/h13-14,17H,8-12H2,1-7H3. The maximum Gasteiger partial charge on any atom is 0.0105 e. The highest BCUT2D eigenvalue weighted by atomic mass is 15.2. The highest BCUT2D eigenvalue weighted by Gasteiger charge is 2.30. The lowest BCUT2D eigenvalue weighted by Gasteiger charge is -2.43. The fraction of sp³-hybridized carbons (Fsp3) is 1.00. The van der Waals surface area contributed by atoms with Crippen LogP contribution in [0.3, 0.4) is 0 Å². The van der Waals surface area contributed by atoms with Crippen molar-refractivity contribution in [1.29, 1.82) is 0 Å². The van der Waals surface area contributed by atoms with Crippen molar-refractivity contribution >= 4 is 0 Å². The van der Waals surface area contributed by atoms with E-state index in [1.807, 2.05) is 0 Å². The summed E-state index contributed by atoms with van der Waals surface area (Å²) in [5.41, 5.74) is 0.735. The lowest BCUT2D eigenvalue weighted by atomic mass is 9.83. The van der Waals surface area contributed by atoms with Crippen LogP contribution in [0.1, 0.15) is 61.3 Å². The number of rotatable bonds is 4. The summed E-state index contributed by atoms with van der Waals surface area (Å²) in [4.78, 5) is 2.69. The van der Waals surface area contributed by atoms with Crippen LogP contribution in [0.4, 0.5) is 0 Å². The van der Waals surface area contributed by atoms with Gasteiger partial charge in [-0.25, -0.2) is 0 Å². The smallest absolute Gasteiger partial charge is 0.0105 e. The van der Waals surface area contributed by atoms with Crippen LogP contribution in [0.15, 0.2) is 0 Å². The van der Waals surface area contributed by atoms with E-state index in [1.54, 1.807) is 0 Å². The number of nitrogens with one attached hydrogen (secondary N) is 1. The van der Waals surface area contributed by atoms with Crippen LogP contribution in [0, 0.1) is 11.3 Å². The molecule has 0 saturated carbocycles. The van der Waals surface area contributed by atoms with Crippen molar-refractivity contribution in [3.8, 4) is 0 Å². The molecule has 1 rings (SSSR count). The molecule has 0 amide bonds. The summed E-state index contributed by atoms with van der Waals surface area (Å²) >= 11 is 0. The first-order valence-corrected chi connectivity index (χ1v) is 7.60. The van der Waals surface area contributed by atoms with Crippen molar-refractivity contribution in [2.24, 2.45) is 11.3 Å². The van der Waals surface area contributed by atoms with Gasteiger partial charge in [-0.05, 0) is 65.0 Å². The lowest BCUT2D eigenvalue weighted by Crippen LogP contribution is -2.50. The minimum absolute atomic E-state index is 0.231. The van der Waals surface area contributed by atoms with Crippen molar-refractivity contribution in [1.82, 2.24) is 10.2 Å². The zero-order valence-electron chi connectivity index (χ0n) is 13.6. The molecule has 1 N–H and O–H groups in total. The van der Waals surface area contributed by atoms with Gasteiger partial charge in [0.15, 0.2) is 0 Å². The lowest BCUT2D eigenvalue weighted by molar-refractivity contribution is 0.0616. The van der Waals surface area contributed by atoms with Gasteiger partial charge in [0.2, 0.25) is 0 Å². The quantitative estimate of drug-likeness (QED) is 0.826. The van der Waals surface area contributed by atoms with E-state index in [4.69, 9.17) is 0 Å². The second kappa shape index (κ2) is 5.92. The minimum atomic E-state index is 0.231. The first-order chi connectivity index (χ1) is 8.11. The van der Waals surface area contributed by atoms with Crippen LogP contribution in [0.25, 0.3) is 0 Å². The van der Waals surface area contributed by atoms with Gasteiger partial charge in [0.05, 0.1) is 0 Å². The summed E-state index contributed by atoms with van der Waals surface area (Å²) < 4.78 is 0. The molecule has 18 heavy (non-hydrogen) atoms. The molecule has 1 aliphatic heterocycles. The van der Waals surface area contributed by atoms with E-state index in [9.17, 15) is 0 Å². The molecule has 0 radical (unpaired) electrons. The van der Waals surface area contributed by atoms with Gasteiger partial charge in [-0.2, -0.15) is 0 Å². The van der Waals surface area contributed by atoms with Crippen molar-refractivity contribution in [2.75, 3.05) is 19.6 Å². The van der Waals surface area contributed by atoms with Gasteiger partial charge in [0, 0.05) is 18.1 Å². The van der Waals surface area contributed by atoms with Crippen molar-refractivity contribution in [2.45, 2.75) is 72.9 Å². The summed E-state index contributed by atoms with van der Waals surface area (Å²) in [5, 5.41) is 3.64. The van der Waals surface area contributed by atoms with E-state index in [2.05, 4.69) is 58.7 Å². The normalized spacial score (nSPS) is 24.8. The molecule has 0 spiro atoms. The first kappa shape index (κ1) is 16.0. The van der Waals surface area contributed by atoms with Crippen molar-refractivity contribution in [3.63, 3.8) is 0 Å². The number of hydrogen-bond acceptors (Lipinski definition) is 2. The summed E-state index contributed by atoms with van der Waals surface area (Å²) in [6, 6.07) is 0.680. The topological polar surface area (TPSA) is 15.3 Å². The van der Waals surface area contributed by atoms with Crippen LogP contribution >= 0.6 is 0 Å². The largest absolute Gasteiger partial charge is 0.312 e. The number of hydrogen-bond donors (Lipinski definition) is 1. The number of nitrogens with zero attached hydrogens (tertiary/aromatic N) is 1. The maximum atomic E-state index is 3.64. The average molecular weight is 254 g/mol. The van der Waals surface area contributed by atoms with Crippen LogP contribution in [-0.4, -0.2) is 36.1 Å². The molecular weight excluding hydrogens is 220 g/mol. The molecule has 1 heterocycles. The molecule has 1 fully saturated rings. The fourth-order valence-corrected chi connectivity index (χ4v) is 2.81. The molecule has 0 aromatic carbocycles. The highest BCUT2D eigenvalue weighted by Crippen LogP contribution is 2.30. The van der Waals surface area contributed by atoms with Crippen LogP contribution in [-0.2, 0) is 0 Å². The third-order valence-electron chi connectivity index (χ3n) is 4.28. The molecule has 1 saturated heterocycles. The van der Waals surface area contributed by atoms with E-state index in [0.29, 0.717) is 17.4 Å². The van der Waals surface area contributed by atoms with Crippen LogP contribution in [0.5, 0.6) is 0 Å². The number of piperidine rings is 1. The summed E-state index contributed by atoms with van der Waals surface area (Å²) in [6.07, 6.45) is 2.74. The Hall–Kier alpha value is -0.0800. The molecule has 0 aromatic rings. The Morgan fingerprint density at radius 2 is 1.83 bits per heavy atom. The van der Waals surface area contributed by atoms with Gasteiger partial charge < -0.3 is 5.32 Å². The second-order valence-corrected chi connectivity index (χ2v) is 8.09. The molecule has 108 valence electrons. The van der Waals surface area contributed by atoms with Crippen molar-refractivity contribution < 1.29 is 0 Å². The van der Waals surface area contributed by atoms with E-state index >= 15 is 0 Å². The zero-order chi connectivity index (χ0) is 14.0. The van der Waals surface area contributed by atoms with Gasteiger partial charge in [-0.3, -0.25) is 4.90 Å². The maximum absolute atomic E-state index is 3.64. The van der Waals surface area contributed by atoms with Gasteiger partial charge >= 0.3 is 0 Å². The van der Waals surface area contributed by atoms with E-state index < -0.39 is 0 Å².